The number of carboxylic acid groups (broad SMARTS) is 1. The van der Waals surface area contributed by atoms with Crippen LogP contribution < -0.4 is 0 Å². The van der Waals surface area contributed by atoms with Gasteiger partial charge >= 0.3 is 11.9 Å². The second-order valence-corrected chi connectivity index (χ2v) is 9.31. The Kier molecular flexibility index (Phi) is 17.3. The first-order valence-corrected chi connectivity index (χ1v) is 13.2. The monoisotopic (exact) mass is 436 g/mol. The van der Waals surface area contributed by atoms with Crippen molar-refractivity contribution >= 4 is 11.9 Å². The number of allylic oxidation sites excluding steroid dienone is 2. The van der Waals surface area contributed by atoms with Crippen LogP contribution in [-0.2, 0) is 14.3 Å². The molecule has 1 aliphatic carbocycles. The molecule has 0 radical (unpaired) electrons. The summed E-state index contributed by atoms with van der Waals surface area (Å²) in [5.41, 5.74) is 0. The number of carbonyl (C=O) groups is 2. The number of hydrogen-bond acceptors (Lipinski definition) is 3. The van der Waals surface area contributed by atoms with E-state index in [1.807, 2.05) is 0 Å². The number of rotatable bonds is 19. The summed E-state index contributed by atoms with van der Waals surface area (Å²) >= 11 is 0. The smallest absolute Gasteiger partial charge is 0.309 e. The van der Waals surface area contributed by atoms with Crippen LogP contribution in [0.3, 0.4) is 0 Å². The maximum Gasteiger partial charge on any atom is 0.309 e. The van der Waals surface area contributed by atoms with Crippen LogP contribution in [0, 0.1) is 11.8 Å². The zero-order valence-electron chi connectivity index (χ0n) is 20.1. The van der Waals surface area contributed by atoms with Crippen molar-refractivity contribution in [2.75, 3.05) is 6.61 Å². The van der Waals surface area contributed by atoms with Gasteiger partial charge in [0.25, 0.3) is 0 Å². The number of hydrogen-bond donors (Lipinski definition) is 1. The Labute approximate surface area is 191 Å². The lowest BCUT2D eigenvalue weighted by Crippen LogP contribution is -2.33. The Hall–Kier alpha value is -1.32. The fraction of sp³-hybridized carbons (Fsp3) is 0.852. The predicted octanol–water partition coefficient (Wildman–Crippen LogP) is 7.85. The first-order valence-electron chi connectivity index (χ1n) is 13.2. The lowest BCUT2D eigenvalue weighted by atomic mass is 9.79. The molecule has 0 bridgehead atoms. The summed E-state index contributed by atoms with van der Waals surface area (Å²) in [4.78, 5) is 23.5. The quantitative estimate of drug-likeness (QED) is 0.127. The summed E-state index contributed by atoms with van der Waals surface area (Å²) in [6, 6.07) is 0. The highest BCUT2D eigenvalue weighted by atomic mass is 16.5. The van der Waals surface area contributed by atoms with Crippen LogP contribution in [0.25, 0.3) is 0 Å². The van der Waals surface area contributed by atoms with E-state index in [0.29, 0.717) is 19.4 Å². The first kappa shape index (κ1) is 27.7. The van der Waals surface area contributed by atoms with Gasteiger partial charge < -0.3 is 9.84 Å². The zero-order chi connectivity index (χ0) is 22.6. The molecule has 1 fully saturated rings. The molecule has 0 aromatic carbocycles. The molecule has 2 unspecified atom stereocenters. The summed E-state index contributed by atoms with van der Waals surface area (Å²) in [6.45, 7) is 2.54. The number of ether oxygens (including phenoxy) is 1. The van der Waals surface area contributed by atoms with Gasteiger partial charge in [-0.25, -0.2) is 0 Å². The SMILES string of the molecule is C/C=C/CCCCCCCCCCCCCCCCOC(=O)C1CCCCC1C(=O)O. The normalized spacial score (nSPS) is 19.0. The standard InChI is InChI=1S/C27H48O4/c1-2-3-4-5-6-7-8-9-10-11-12-13-14-15-16-17-20-23-31-27(30)25-22-19-18-21-24(25)26(28)29/h2-3,24-25H,4-23H2,1H3,(H,28,29)/b3-2+. The third-order valence-electron chi connectivity index (χ3n) is 6.63. The van der Waals surface area contributed by atoms with Crippen LogP contribution in [0.4, 0.5) is 0 Å². The highest BCUT2D eigenvalue weighted by Crippen LogP contribution is 2.31. The van der Waals surface area contributed by atoms with Crippen molar-refractivity contribution < 1.29 is 19.4 Å². The van der Waals surface area contributed by atoms with Crippen molar-refractivity contribution in [3.05, 3.63) is 12.2 Å². The molecule has 4 nitrogen and oxygen atoms in total. The topological polar surface area (TPSA) is 63.6 Å². The molecule has 4 heteroatoms. The average Bonchev–Trinajstić information content (AvgIpc) is 2.78. The van der Waals surface area contributed by atoms with Gasteiger partial charge in [-0.3, -0.25) is 9.59 Å². The van der Waals surface area contributed by atoms with E-state index in [-0.39, 0.29) is 5.97 Å². The molecule has 1 rings (SSSR count). The Morgan fingerprint density at radius 1 is 0.742 bits per heavy atom. The minimum absolute atomic E-state index is 0.291. The van der Waals surface area contributed by atoms with E-state index in [1.54, 1.807) is 0 Å². The maximum absolute atomic E-state index is 12.2. The van der Waals surface area contributed by atoms with E-state index in [1.165, 1.54) is 83.5 Å². The number of esters is 1. The molecule has 180 valence electrons. The minimum Gasteiger partial charge on any atom is -0.481 e. The second kappa shape index (κ2) is 19.4. The van der Waals surface area contributed by atoms with Gasteiger partial charge in [0.2, 0.25) is 0 Å². The van der Waals surface area contributed by atoms with Gasteiger partial charge in [-0.05, 0) is 39.0 Å². The van der Waals surface area contributed by atoms with Crippen LogP contribution in [-0.4, -0.2) is 23.7 Å². The van der Waals surface area contributed by atoms with E-state index in [2.05, 4.69) is 19.1 Å². The van der Waals surface area contributed by atoms with Crippen molar-refractivity contribution in [1.82, 2.24) is 0 Å². The molecule has 0 aliphatic heterocycles. The van der Waals surface area contributed by atoms with Gasteiger partial charge in [0.15, 0.2) is 0 Å². The lowest BCUT2D eigenvalue weighted by molar-refractivity contribution is -0.159. The summed E-state index contributed by atoms with van der Waals surface area (Å²) in [5.74, 6) is -2.12. The molecule has 2 atom stereocenters. The van der Waals surface area contributed by atoms with Crippen molar-refractivity contribution in [3.8, 4) is 0 Å². The second-order valence-electron chi connectivity index (χ2n) is 9.31. The van der Waals surface area contributed by atoms with Crippen molar-refractivity contribution in [1.29, 1.82) is 0 Å². The molecule has 31 heavy (non-hydrogen) atoms. The summed E-state index contributed by atoms with van der Waals surface area (Å²) in [6.07, 6.45) is 26.9. The van der Waals surface area contributed by atoms with Gasteiger partial charge in [0.1, 0.15) is 0 Å². The largest absolute Gasteiger partial charge is 0.481 e. The Bertz CT molecular complexity index is 486. The zero-order valence-corrected chi connectivity index (χ0v) is 20.1. The fourth-order valence-electron chi connectivity index (χ4n) is 4.64. The molecule has 1 N–H and O–H groups in total. The molecule has 1 aliphatic rings. The van der Waals surface area contributed by atoms with Crippen molar-refractivity contribution in [2.24, 2.45) is 11.8 Å². The summed E-state index contributed by atoms with van der Waals surface area (Å²) in [5, 5.41) is 9.28. The molecule has 0 spiro atoms. The minimum atomic E-state index is -0.850. The molecule has 0 aromatic rings. The Morgan fingerprint density at radius 3 is 1.68 bits per heavy atom. The molecule has 0 heterocycles. The summed E-state index contributed by atoms with van der Waals surface area (Å²) in [7, 11) is 0. The van der Waals surface area contributed by atoms with Crippen LogP contribution in [0.2, 0.25) is 0 Å². The molecular weight excluding hydrogens is 388 g/mol. The number of carboxylic acids is 1. The van der Waals surface area contributed by atoms with Crippen molar-refractivity contribution in [2.45, 2.75) is 129 Å². The van der Waals surface area contributed by atoms with Crippen LogP contribution in [0.5, 0.6) is 0 Å². The summed E-state index contributed by atoms with van der Waals surface area (Å²) < 4.78 is 5.38. The average molecular weight is 437 g/mol. The van der Waals surface area contributed by atoms with Gasteiger partial charge in [0.05, 0.1) is 18.4 Å². The van der Waals surface area contributed by atoms with Gasteiger partial charge in [-0.1, -0.05) is 102 Å². The number of unbranched alkanes of at least 4 members (excludes halogenated alkanes) is 14. The van der Waals surface area contributed by atoms with Gasteiger partial charge in [0, 0.05) is 0 Å². The van der Waals surface area contributed by atoms with E-state index in [4.69, 9.17) is 4.74 Å². The van der Waals surface area contributed by atoms with E-state index in [9.17, 15) is 14.7 Å². The Balaban J connectivity index is 1.83. The Morgan fingerprint density at radius 2 is 1.19 bits per heavy atom. The first-order chi connectivity index (χ1) is 15.2. The van der Waals surface area contributed by atoms with E-state index < -0.39 is 17.8 Å². The molecule has 0 saturated heterocycles. The number of carbonyl (C=O) groups excluding carboxylic acids is 1. The molecule has 0 amide bonds. The molecule has 0 aromatic heterocycles. The third-order valence-corrected chi connectivity index (χ3v) is 6.63. The van der Waals surface area contributed by atoms with Crippen LogP contribution in [0.1, 0.15) is 129 Å². The van der Waals surface area contributed by atoms with Gasteiger partial charge in [-0.15, -0.1) is 0 Å². The number of aliphatic carboxylic acids is 1. The van der Waals surface area contributed by atoms with Crippen molar-refractivity contribution in [3.63, 3.8) is 0 Å². The molecular formula is C27H48O4. The van der Waals surface area contributed by atoms with E-state index in [0.717, 1.165) is 25.7 Å². The lowest BCUT2D eigenvalue weighted by Gasteiger charge is -2.26. The van der Waals surface area contributed by atoms with Crippen LogP contribution in [0.15, 0.2) is 12.2 Å². The third kappa shape index (κ3) is 14.4. The predicted molar refractivity (Wildman–Crippen MR) is 128 cm³/mol. The highest BCUT2D eigenvalue weighted by molar-refractivity contribution is 5.81. The van der Waals surface area contributed by atoms with Gasteiger partial charge in [-0.2, -0.15) is 0 Å². The fourth-order valence-corrected chi connectivity index (χ4v) is 4.64. The van der Waals surface area contributed by atoms with E-state index >= 15 is 0 Å². The molecule has 1 saturated carbocycles. The highest BCUT2D eigenvalue weighted by Gasteiger charge is 2.36. The van der Waals surface area contributed by atoms with Crippen LogP contribution >= 0.6 is 0 Å². The maximum atomic E-state index is 12.2.